The van der Waals surface area contributed by atoms with Crippen LogP contribution in [-0.2, 0) is 4.74 Å². The van der Waals surface area contributed by atoms with Crippen LogP contribution in [0.4, 0.5) is 0 Å². The molecule has 0 bridgehead atoms. The smallest absolute Gasteiger partial charge is 0.187 e. The van der Waals surface area contributed by atoms with Crippen molar-refractivity contribution in [1.29, 1.82) is 0 Å². The normalized spacial score (nSPS) is 13.2. The lowest BCUT2D eigenvalue weighted by Crippen LogP contribution is -2.40. The van der Waals surface area contributed by atoms with Gasteiger partial charge in [-0.1, -0.05) is 12.1 Å². The highest BCUT2D eigenvalue weighted by molar-refractivity contribution is 7.80. The number of hydrazone groups is 1. The second kappa shape index (κ2) is 7.44. The minimum atomic E-state index is 0.132. The molecule has 0 radical (unpaired) electrons. The van der Waals surface area contributed by atoms with Gasteiger partial charge in [0.1, 0.15) is 5.01 Å². The van der Waals surface area contributed by atoms with E-state index in [0.717, 1.165) is 20.9 Å². The van der Waals surface area contributed by atoms with Gasteiger partial charge < -0.3 is 10.1 Å². The largest absolute Gasteiger partial charge is 0.383 e. The second-order valence-corrected chi connectivity index (χ2v) is 6.06. The van der Waals surface area contributed by atoms with Crippen LogP contribution in [-0.4, -0.2) is 35.6 Å². The van der Waals surface area contributed by atoms with E-state index in [4.69, 9.17) is 17.0 Å². The Hall–Kier alpha value is -1.57. The highest BCUT2D eigenvalue weighted by Crippen LogP contribution is 2.21. The molecule has 0 aliphatic carbocycles. The van der Waals surface area contributed by atoms with E-state index in [9.17, 15) is 0 Å². The summed E-state index contributed by atoms with van der Waals surface area (Å²) in [7, 11) is 1.66. The first kappa shape index (κ1) is 15.8. The van der Waals surface area contributed by atoms with Gasteiger partial charge >= 0.3 is 0 Å². The van der Waals surface area contributed by atoms with Gasteiger partial charge in [-0.3, -0.25) is 5.43 Å². The fourth-order valence-corrected chi connectivity index (χ4v) is 2.91. The minimum absolute atomic E-state index is 0.132. The number of hydrogen-bond acceptors (Lipinski definition) is 5. The van der Waals surface area contributed by atoms with Crippen molar-refractivity contribution in [2.24, 2.45) is 5.10 Å². The van der Waals surface area contributed by atoms with Gasteiger partial charge in [-0.15, -0.1) is 11.3 Å². The zero-order valence-electron chi connectivity index (χ0n) is 12.2. The monoisotopic (exact) mass is 322 g/mol. The third-order valence-corrected chi connectivity index (χ3v) is 4.08. The van der Waals surface area contributed by atoms with Crippen LogP contribution in [0.2, 0.25) is 0 Å². The van der Waals surface area contributed by atoms with E-state index in [0.29, 0.717) is 11.7 Å². The molecule has 5 nitrogen and oxygen atoms in total. The lowest BCUT2D eigenvalue weighted by molar-refractivity contribution is 0.179. The number of ether oxygens (including phenoxy) is 1. The quantitative estimate of drug-likeness (QED) is 0.503. The number of rotatable bonds is 5. The Morgan fingerprint density at radius 2 is 2.24 bits per heavy atom. The van der Waals surface area contributed by atoms with Gasteiger partial charge in [0.15, 0.2) is 5.11 Å². The summed E-state index contributed by atoms with van der Waals surface area (Å²) in [6, 6.07) is 8.16. The summed E-state index contributed by atoms with van der Waals surface area (Å²) in [5, 5.41) is 8.72. The highest BCUT2D eigenvalue weighted by Gasteiger charge is 2.07. The van der Waals surface area contributed by atoms with Crippen molar-refractivity contribution in [3.05, 3.63) is 29.3 Å². The molecule has 0 saturated heterocycles. The van der Waals surface area contributed by atoms with Crippen molar-refractivity contribution < 1.29 is 4.74 Å². The molecule has 1 atom stereocenters. The standard InChI is InChI=1S/C14H18N4OS2/c1-9(8-19-3)15-14(20)18-17-10(2)13-16-11-6-4-5-7-12(11)21-13/h4-7,9H,8H2,1-3H3,(H2,15,18,20)/b17-10-/t9-/m0/s1. The first-order valence-corrected chi connectivity index (χ1v) is 7.78. The number of aromatic nitrogens is 1. The summed E-state index contributed by atoms with van der Waals surface area (Å²) >= 11 is 6.79. The molecule has 1 heterocycles. The topological polar surface area (TPSA) is 58.5 Å². The van der Waals surface area contributed by atoms with E-state index in [1.165, 1.54) is 0 Å². The maximum atomic E-state index is 5.18. The molecule has 7 heteroatoms. The van der Waals surface area contributed by atoms with Crippen LogP contribution >= 0.6 is 23.6 Å². The number of methoxy groups -OCH3 is 1. The summed E-state index contributed by atoms with van der Waals surface area (Å²) < 4.78 is 6.19. The summed E-state index contributed by atoms with van der Waals surface area (Å²) in [6.07, 6.45) is 0. The minimum Gasteiger partial charge on any atom is -0.383 e. The summed E-state index contributed by atoms with van der Waals surface area (Å²) in [4.78, 5) is 4.55. The number of thiocarbonyl (C=S) groups is 1. The summed E-state index contributed by atoms with van der Waals surface area (Å²) in [5.41, 5.74) is 4.63. The average Bonchev–Trinajstić information content (AvgIpc) is 2.89. The van der Waals surface area contributed by atoms with Crippen LogP contribution in [0.15, 0.2) is 29.4 Å². The van der Waals surface area contributed by atoms with E-state index < -0.39 is 0 Å². The zero-order chi connectivity index (χ0) is 15.2. The van der Waals surface area contributed by atoms with Crippen molar-refractivity contribution >= 4 is 44.6 Å². The number of para-hydroxylation sites is 1. The Labute approximate surface area is 133 Å². The Morgan fingerprint density at radius 3 is 2.95 bits per heavy atom. The zero-order valence-corrected chi connectivity index (χ0v) is 13.8. The predicted molar refractivity (Wildman–Crippen MR) is 92.0 cm³/mol. The molecule has 1 aromatic heterocycles. The molecule has 0 aliphatic rings. The molecule has 0 amide bonds. The maximum Gasteiger partial charge on any atom is 0.187 e. The van der Waals surface area contributed by atoms with E-state index in [1.807, 2.05) is 32.0 Å². The molecule has 0 spiro atoms. The van der Waals surface area contributed by atoms with Gasteiger partial charge in [0.25, 0.3) is 0 Å². The third kappa shape index (κ3) is 4.45. The Bertz CT molecular complexity index is 620. The second-order valence-electron chi connectivity index (χ2n) is 4.63. The first-order valence-electron chi connectivity index (χ1n) is 6.56. The number of thiazole rings is 1. The molecule has 0 aliphatic heterocycles. The molecular formula is C14H18N4OS2. The molecule has 0 saturated carbocycles. The van der Waals surface area contributed by atoms with Gasteiger partial charge in [-0.25, -0.2) is 4.98 Å². The summed E-state index contributed by atoms with van der Waals surface area (Å²) in [5.74, 6) is 0. The third-order valence-electron chi connectivity index (χ3n) is 2.72. The van der Waals surface area contributed by atoms with Crippen molar-refractivity contribution in [2.75, 3.05) is 13.7 Å². The van der Waals surface area contributed by atoms with Crippen LogP contribution in [0.25, 0.3) is 10.2 Å². The van der Waals surface area contributed by atoms with E-state index in [-0.39, 0.29) is 6.04 Å². The number of fused-ring (bicyclic) bond motifs is 1. The Balaban J connectivity index is 1.98. The van der Waals surface area contributed by atoms with Crippen molar-refractivity contribution in [2.45, 2.75) is 19.9 Å². The molecule has 0 fully saturated rings. The highest BCUT2D eigenvalue weighted by atomic mass is 32.1. The molecule has 2 aromatic rings. The van der Waals surface area contributed by atoms with Crippen molar-refractivity contribution in [3.8, 4) is 0 Å². The van der Waals surface area contributed by atoms with Crippen LogP contribution in [0.1, 0.15) is 18.9 Å². The van der Waals surface area contributed by atoms with Gasteiger partial charge in [0.2, 0.25) is 0 Å². The first-order chi connectivity index (χ1) is 10.1. The fourth-order valence-electron chi connectivity index (χ4n) is 1.76. The number of nitrogens with one attached hydrogen (secondary N) is 2. The lowest BCUT2D eigenvalue weighted by atomic mass is 10.3. The van der Waals surface area contributed by atoms with Gasteiger partial charge in [0, 0.05) is 13.2 Å². The van der Waals surface area contributed by atoms with Gasteiger partial charge in [0.05, 0.1) is 22.5 Å². The Kier molecular flexibility index (Phi) is 5.60. The van der Waals surface area contributed by atoms with Crippen LogP contribution in [0, 0.1) is 0 Å². The van der Waals surface area contributed by atoms with E-state index in [2.05, 4.69) is 26.9 Å². The molecule has 0 unspecified atom stereocenters. The molecular weight excluding hydrogens is 304 g/mol. The average molecular weight is 322 g/mol. The fraction of sp³-hybridized carbons (Fsp3) is 0.357. The van der Waals surface area contributed by atoms with Crippen molar-refractivity contribution in [3.63, 3.8) is 0 Å². The molecule has 21 heavy (non-hydrogen) atoms. The number of benzene rings is 1. The molecule has 2 N–H and O–H groups in total. The predicted octanol–water partition coefficient (Wildman–Crippen LogP) is 2.52. The molecule has 1 aromatic carbocycles. The number of hydrogen-bond donors (Lipinski definition) is 2. The number of nitrogens with zero attached hydrogens (tertiary/aromatic N) is 2. The summed E-state index contributed by atoms with van der Waals surface area (Å²) in [6.45, 7) is 4.48. The molecule has 2 rings (SSSR count). The lowest BCUT2D eigenvalue weighted by Gasteiger charge is -2.14. The van der Waals surface area contributed by atoms with E-state index in [1.54, 1.807) is 18.4 Å². The molecule has 112 valence electrons. The van der Waals surface area contributed by atoms with Gasteiger partial charge in [-0.05, 0) is 38.2 Å². The van der Waals surface area contributed by atoms with E-state index >= 15 is 0 Å². The SMILES string of the molecule is COC[C@H](C)NC(=S)N/N=C(/C)c1nc2ccccc2s1. The van der Waals surface area contributed by atoms with Gasteiger partial charge in [-0.2, -0.15) is 5.10 Å². The maximum absolute atomic E-state index is 5.18. The van der Waals surface area contributed by atoms with Crippen molar-refractivity contribution in [1.82, 2.24) is 15.7 Å². The van der Waals surface area contributed by atoms with Crippen LogP contribution in [0.3, 0.4) is 0 Å². The van der Waals surface area contributed by atoms with Crippen LogP contribution in [0.5, 0.6) is 0 Å². The Morgan fingerprint density at radius 1 is 1.48 bits per heavy atom. The van der Waals surface area contributed by atoms with Crippen LogP contribution < -0.4 is 10.7 Å².